The van der Waals surface area contributed by atoms with Gasteiger partial charge in [-0.2, -0.15) is 4.98 Å². The number of aryl methyl sites for hydroxylation is 1. The topological polar surface area (TPSA) is 73.1 Å². The maximum atomic E-state index is 5.63. The SMILES string of the molecule is CCCC(C)Oc1cc(C)nc(NN)n1. The molecule has 0 fully saturated rings. The minimum Gasteiger partial charge on any atom is -0.475 e. The first-order chi connectivity index (χ1) is 7.15. The molecule has 0 aliphatic carbocycles. The van der Waals surface area contributed by atoms with Gasteiger partial charge in [-0.15, -0.1) is 0 Å². The molecule has 0 aromatic carbocycles. The number of rotatable bonds is 5. The van der Waals surface area contributed by atoms with Crippen molar-refractivity contribution in [3.05, 3.63) is 11.8 Å². The zero-order valence-electron chi connectivity index (χ0n) is 9.45. The van der Waals surface area contributed by atoms with Gasteiger partial charge < -0.3 is 4.74 Å². The molecule has 0 saturated carbocycles. The van der Waals surface area contributed by atoms with E-state index in [1.165, 1.54) is 0 Å². The fourth-order valence-corrected chi connectivity index (χ4v) is 1.34. The second kappa shape index (κ2) is 5.50. The van der Waals surface area contributed by atoms with Crippen LogP contribution < -0.4 is 16.0 Å². The number of hydrogen-bond donors (Lipinski definition) is 2. The third-order valence-corrected chi connectivity index (χ3v) is 1.98. The highest BCUT2D eigenvalue weighted by atomic mass is 16.5. The van der Waals surface area contributed by atoms with Gasteiger partial charge in [0.1, 0.15) is 0 Å². The van der Waals surface area contributed by atoms with E-state index in [-0.39, 0.29) is 6.10 Å². The van der Waals surface area contributed by atoms with Gasteiger partial charge in [0.15, 0.2) is 0 Å². The first-order valence-corrected chi connectivity index (χ1v) is 5.14. The predicted octanol–water partition coefficient (Wildman–Crippen LogP) is 1.64. The molecule has 0 amide bonds. The molecule has 1 unspecified atom stereocenters. The molecule has 0 aliphatic heterocycles. The molecule has 84 valence electrons. The van der Waals surface area contributed by atoms with Crippen molar-refractivity contribution in [1.29, 1.82) is 0 Å². The third-order valence-electron chi connectivity index (χ3n) is 1.98. The van der Waals surface area contributed by atoms with Crippen molar-refractivity contribution in [2.45, 2.75) is 39.7 Å². The Morgan fingerprint density at radius 3 is 2.87 bits per heavy atom. The Labute approximate surface area is 90.0 Å². The molecule has 5 nitrogen and oxygen atoms in total. The second-order valence-corrected chi connectivity index (χ2v) is 3.53. The van der Waals surface area contributed by atoms with E-state index in [1.807, 2.05) is 13.8 Å². The van der Waals surface area contributed by atoms with Crippen LogP contribution in [0.5, 0.6) is 5.88 Å². The summed E-state index contributed by atoms with van der Waals surface area (Å²) in [5.41, 5.74) is 3.24. The molecular formula is C10H18N4O. The molecule has 1 aromatic rings. The summed E-state index contributed by atoms with van der Waals surface area (Å²) in [4.78, 5) is 8.18. The summed E-state index contributed by atoms with van der Waals surface area (Å²) in [6.07, 6.45) is 2.26. The molecule has 15 heavy (non-hydrogen) atoms. The fourth-order valence-electron chi connectivity index (χ4n) is 1.34. The quantitative estimate of drug-likeness (QED) is 0.571. The fraction of sp³-hybridized carbons (Fsp3) is 0.600. The van der Waals surface area contributed by atoms with Crippen molar-refractivity contribution in [3.63, 3.8) is 0 Å². The molecule has 1 rings (SSSR count). The van der Waals surface area contributed by atoms with Crippen molar-refractivity contribution in [3.8, 4) is 5.88 Å². The average molecular weight is 210 g/mol. The normalized spacial score (nSPS) is 12.3. The van der Waals surface area contributed by atoms with E-state index in [9.17, 15) is 0 Å². The van der Waals surface area contributed by atoms with E-state index in [2.05, 4.69) is 22.3 Å². The predicted molar refractivity (Wildman–Crippen MR) is 59.6 cm³/mol. The Hall–Kier alpha value is -1.36. The number of anilines is 1. The van der Waals surface area contributed by atoms with Gasteiger partial charge in [0.25, 0.3) is 0 Å². The van der Waals surface area contributed by atoms with E-state index in [1.54, 1.807) is 6.07 Å². The van der Waals surface area contributed by atoms with Crippen LogP contribution in [0.3, 0.4) is 0 Å². The highest BCUT2D eigenvalue weighted by Crippen LogP contribution is 2.14. The second-order valence-electron chi connectivity index (χ2n) is 3.53. The van der Waals surface area contributed by atoms with Gasteiger partial charge in [-0.25, -0.2) is 10.8 Å². The molecule has 5 heteroatoms. The van der Waals surface area contributed by atoms with Crippen LogP contribution in [0.4, 0.5) is 5.95 Å². The van der Waals surface area contributed by atoms with E-state index in [0.717, 1.165) is 18.5 Å². The van der Waals surface area contributed by atoms with E-state index in [0.29, 0.717) is 11.8 Å². The van der Waals surface area contributed by atoms with Gasteiger partial charge in [0.2, 0.25) is 11.8 Å². The molecule has 1 heterocycles. The summed E-state index contributed by atoms with van der Waals surface area (Å²) in [5.74, 6) is 6.20. The third kappa shape index (κ3) is 3.71. The molecular weight excluding hydrogens is 192 g/mol. The molecule has 0 aliphatic rings. The number of nitrogens with zero attached hydrogens (tertiary/aromatic N) is 2. The molecule has 0 bridgehead atoms. The summed E-state index contributed by atoms with van der Waals surface area (Å²) in [5, 5.41) is 0. The van der Waals surface area contributed by atoms with Gasteiger partial charge in [-0.1, -0.05) is 13.3 Å². The van der Waals surface area contributed by atoms with Gasteiger partial charge in [-0.3, -0.25) is 5.43 Å². The van der Waals surface area contributed by atoms with Crippen LogP contribution in [0.15, 0.2) is 6.07 Å². The summed E-state index contributed by atoms with van der Waals surface area (Å²) in [7, 11) is 0. The molecule has 0 radical (unpaired) electrons. The van der Waals surface area contributed by atoms with Crippen LogP contribution in [0, 0.1) is 6.92 Å². The number of hydrazine groups is 1. The zero-order valence-corrected chi connectivity index (χ0v) is 9.45. The molecule has 0 saturated heterocycles. The number of ether oxygens (including phenoxy) is 1. The summed E-state index contributed by atoms with van der Waals surface area (Å²) < 4.78 is 5.63. The maximum absolute atomic E-state index is 5.63. The molecule has 0 spiro atoms. The van der Waals surface area contributed by atoms with Gasteiger partial charge in [0.05, 0.1) is 6.10 Å². The Kier molecular flexibility index (Phi) is 4.30. The number of nitrogens with two attached hydrogens (primary N) is 1. The van der Waals surface area contributed by atoms with Crippen LogP contribution in [-0.2, 0) is 0 Å². The molecule has 1 aromatic heterocycles. The lowest BCUT2D eigenvalue weighted by Gasteiger charge is -2.13. The minimum absolute atomic E-state index is 0.162. The smallest absolute Gasteiger partial charge is 0.240 e. The van der Waals surface area contributed by atoms with Gasteiger partial charge in [0, 0.05) is 11.8 Å². The van der Waals surface area contributed by atoms with Crippen molar-refractivity contribution >= 4 is 5.95 Å². The lowest BCUT2D eigenvalue weighted by molar-refractivity contribution is 0.201. The molecule has 1 atom stereocenters. The van der Waals surface area contributed by atoms with Crippen molar-refractivity contribution < 1.29 is 4.74 Å². The van der Waals surface area contributed by atoms with E-state index < -0.39 is 0 Å². The minimum atomic E-state index is 0.162. The lowest BCUT2D eigenvalue weighted by atomic mass is 10.2. The van der Waals surface area contributed by atoms with Gasteiger partial charge in [-0.05, 0) is 20.3 Å². The average Bonchev–Trinajstić information content (AvgIpc) is 2.17. The van der Waals surface area contributed by atoms with E-state index >= 15 is 0 Å². The Balaban J connectivity index is 2.71. The van der Waals surface area contributed by atoms with Crippen LogP contribution in [0.25, 0.3) is 0 Å². The van der Waals surface area contributed by atoms with Crippen molar-refractivity contribution in [1.82, 2.24) is 9.97 Å². The Morgan fingerprint density at radius 2 is 2.27 bits per heavy atom. The summed E-state index contributed by atoms with van der Waals surface area (Å²) in [6, 6.07) is 1.80. The van der Waals surface area contributed by atoms with Crippen LogP contribution in [0.1, 0.15) is 32.4 Å². The summed E-state index contributed by atoms with van der Waals surface area (Å²) in [6.45, 7) is 6.02. The standard InChI is InChI=1S/C10H18N4O/c1-4-5-8(3)15-9-6-7(2)12-10(13-9)14-11/h6,8H,4-5,11H2,1-3H3,(H,12,13,14). The summed E-state index contributed by atoms with van der Waals surface area (Å²) >= 11 is 0. The monoisotopic (exact) mass is 210 g/mol. The number of nitrogens with one attached hydrogen (secondary N) is 1. The van der Waals surface area contributed by atoms with E-state index in [4.69, 9.17) is 10.6 Å². The number of nitrogen functional groups attached to an aromatic ring is 1. The Morgan fingerprint density at radius 1 is 1.53 bits per heavy atom. The zero-order chi connectivity index (χ0) is 11.3. The highest BCUT2D eigenvalue weighted by Gasteiger charge is 2.06. The largest absolute Gasteiger partial charge is 0.475 e. The lowest BCUT2D eigenvalue weighted by Crippen LogP contribution is -2.15. The first-order valence-electron chi connectivity index (χ1n) is 5.14. The maximum Gasteiger partial charge on any atom is 0.240 e. The molecule has 3 N–H and O–H groups in total. The number of hydrogen-bond acceptors (Lipinski definition) is 5. The number of aromatic nitrogens is 2. The highest BCUT2D eigenvalue weighted by molar-refractivity contribution is 5.28. The van der Waals surface area contributed by atoms with Crippen LogP contribution >= 0.6 is 0 Å². The van der Waals surface area contributed by atoms with Gasteiger partial charge >= 0.3 is 0 Å². The van der Waals surface area contributed by atoms with Crippen molar-refractivity contribution in [2.75, 3.05) is 5.43 Å². The van der Waals surface area contributed by atoms with Crippen molar-refractivity contribution in [2.24, 2.45) is 5.84 Å². The van der Waals surface area contributed by atoms with Crippen LogP contribution in [0.2, 0.25) is 0 Å². The Bertz CT molecular complexity index is 316. The van der Waals surface area contributed by atoms with Crippen LogP contribution in [-0.4, -0.2) is 16.1 Å². The first kappa shape index (κ1) is 11.7.